The summed E-state index contributed by atoms with van der Waals surface area (Å²) < 4.78 is 32.6. The van der Waals surface area contributed by atoms with Gasteiger partial charge in [0.1, 0.15) is 4.90 Å². The lowest BCUT2D eigenvalue weighted by atomic mass is 10.3. The third-order valence-electron chi connectivity index (χ3n) is 4.44. The number of piperazine rings is 1. The van der Waals surface area contributed by atoms with E-state index in [1.54, 1.807) is 30.9 Å². The van der Waals surface area contributed by atoms with Gasteiger partial charge in [-0.25, -0.2) is 13.1 Å². The molecule has 9 nitrogen and oxygen atoms in total. The third kappa shape index (κ3) is 3.97. The van der Waals surface area contributed by atoms with Gasteiger partial charge in [0.25, 0.3) is 5.91 Å². The molecule has 2 aromatic heterocycles. The molecule has 10 heteroatoms. The number of sulfonamides is 1. The first-order valence-electron chi connectivity index (χ1n) is 8.45. The number of carbonyl (C=O) groups excluding carboxylic acids is 1. The van der Waals surface area contributed by atoms with Crippen molar-refractivity contribution < 1.29 is 17.6 Å². The van der Waals surface area contributed by atoms with Crippen molar-refractivity contribution in [1.29, 1.82) is 0 Å². The van der Waals surface area contributed by atoms with Gasteiger partial charge >= 0.3 is 0 Å². The number of rotatable bonds is 6. The van der Waals surface area contributed by atoms with Crippen LogP contribution in [0.1, 0.15) is 21.9 Å². The predicted octanol–water partition coefficient (Wildman–Crippen LogP) is 0.356. The first kappa shape index (κ1) is 18.6. The highest BCUT2D eigenvalue weighted by Crippen LogP contribution is 2.16. The molecule has 2 N–H and O–H groups in total. The van der Waals surface area contributed by atoms with E-state index in [0.29, 0.717) is 56.4 Å². The Morgan fingerprint density at radius 3 is 2.62 bits per heavy atom. The Hall–Kier alpha value is -2.17. The molecule has 0 aliphatic carbocycles. The number of nitrogens with zero attached hydrogens (tertiary/aromatic N) is 3. The fourth-order valence-corrected chi connectivity index (χ4v) is 4.47. The lowest BCUT2D eigenvalue weighted by molar-refractivity contribution is 0.0609. The maximum Gasteiger partial charge on any atom is 0.289 e. The monoisotopic (exact) mass is 381 g/mol. The summed E-state index contributed by atoms with van der Waals surface area (Å²) >= 11 is 0. The smallest absolute Gasteiger partial charge is 0.289 e. The highest BCUT2D eigenvalue weighted by atomic mass is 32.2. The van der Waals surface area contributed by atoms with Crippen molar-refractivity contribution in [3.05, 3.63) is 35.5 Å². The summed E-state index contributed by atoms with van der Waals surface area (Å²) in [6.45, 7) is 6.79. The molecule has 0 radical (unpaired) electrons. The van der Waals surface area contributed by atoms with Crippen molar-refractivity contribution in [1.82, 2.24) is 24.7 Å². The topological polar surface area (TPSA) is 112 Å². The number of furan rings is 1. The van der Waals surface area contributed by atoms with Gasteiger partial charge in [-0.15, -0.1) is 0 Å². The molecule has 2 aromatic rings. The van der Waals surface area contributed by atoms with E-state index in [-0.39, 0.29) is 10.8 Å². The minimum atomic E-state index is -3.58. The highest BCUT2D eigenvalue weighted by Gasteiger charge is 2.25. The van der Waals surface area contributed by atoms with Crippen LogP contribution in [0.2, 0.25) is 0 Å². The summed E-state index contributed by atoms with van der Waals surface area (Å²) in [5, 5.41) is 6.61. The second-order valence-electron chi connectivity index (χ2n) is 6.27. The van der Waals surface area contributed by atoms with E-state index in [2.05, 4.69) is 19.8 Å². The number of carbonyl (C=O) groups is 1. The minimum absolute atomic E-state index is 0.110. The lowest BCUT2D eigenvalue weighted by Crippen LogP contribution is -2.50. The van der Waals surface area contributed by atoms with Gasteiger partial charge < -0.3 is 9.32 Å². The first-order valence-corrected chi connectivity index (χ1v) is 9.93. The molecule has 1 saturated heterocycles. The van der Waals surface area contributed by atoms with Crippen molar-refractivity contribution in [3.63, 3.8) is 0 Å². The van der Waals surface area contributed by atoms with E-state index >= 15 is 0 Å². The van der Waals surface area contributed by atoms with Crippen molar-refractivity contribution in [2.45, 2.75) is 18.7 Å². The van der Waals surface area contributed by atoms with Gasteiger partial charge in [0.15, 0.2) is 5.76 Å². The molecule has 0 bridgehead atoms. The molecular formula is C16H23N5O4S. The molecule has 0 spiro atoms. The maximum atomic E-state index is 12.4. The van der Waals surface area contributed by atoms with Crippen LogP contribution in [-0.2, 0) is 10.0 Å². The van der Waals surface area contributed by atoms with Gasteiger partial charge in [-0.3, -0.25) is 14.8 Å². The van der Waals surface area contributed by atoms with Gasteiger partial charge in [0.2, 0.25) is 10.0 Å². The summed E-state index contributed by atoms with van der Waals surface area (Å²) in [7, 11) is -3.58. The average Bonchev–Trinajstić information content (AvgIpc) is 3.25. The third-order valence-corrected chi connectivity index (χ3v) is 6.16. The van der Waals surface area contributed by atoms with Crippen molar-refractivity contribution in [2.24, 2.45) is 0 Å². The Balaban J connectivity index is 1.46. The van der Waals surface area contributed by atoms with E-state index < -0.39 is 10.0 Å². The Morgan fingerprint density at radius 2 is 2.04 bits per heavy atom. The summed E-state index contributed by atoms with van der Waals surface area (Å²) in [5.74, 6) is 0.235. The van der Waals surface area contributed by atoms with Crippen molar-refractivity contribution in [3.8, 4) is 0 Å². The molecule has 0 aromatic carbocycles. The van der Waals surface area contributed by atoms with Crippen LogP contribution in [0.4, 0.5) is 0 Å². The number of H-pyrrole nitrogens is 1. The molecule has 1 amide bonds. The fourth-order valence-electron chi connectivity index (χ4n) is 3.08. The molecule has 3 heterocycles. The zero-order valence-electron chi connectivity index (χ0n) is 14.9. The molecule has 1 fully saturated rings. The quantitative estimate of drug-likeness (QED) is 0.747. The van der Waals surface area contributed by atoms with Gasteiger partial charge in [-0.2, -0.15) is 5.10 Å². The molecule has 3 rings (SSSR count). The number of aryl methyl sites for hydroxylation is 2. The van der Waals surface area contributed by atoms with Crippen LogP contribution in [-0.4, -0.2) is 73.6 Å². The van der Waals surface area contributed by atoms with E-state index in [4.69, 9.17) is 4.42 Å². The number of nitrogens with one attached hydrogen (secondary N) is 2. The van der Waals surface area contributed by atoms with E-state index in [9.17, 15) is 13.2 Å². The van der Waals surface area contributed by atoms with Gasteiger partial charge in [-0.1, -0.05) is 0 Å². The zero-order valence-corrected chi connectivity index (χ0v) is 15.7. The molecule has 26 heavy (non-hydrogen) atoms. The normalized spacial score (nSPS) is 16.2. The van der Waals surface area contributed by atoms with E-state index in [1.165, 1.54) is 6.26 Å². The summed E-state index contributed by atoms with van der Waals surface area (Å²) in [5.41, 5.74) is 0.986. The van der Waals surface area contributed by atoms with Gasteiger partial charge in [0, 0.05) is 39.3 Å². The second-order valence-corrected chi connectivity index (χ2v) is 7.98. The lowest BCUT2D eigenvalue weighted by Gasteiger charge is -2.34. The minimum Gasteiger partial charge on any atom is -0.459 e. The van der Waals surface area contributed by atoms with E-state index in [0.717, 1.165) is 0 Å². The Bertz CT molecular complexity index is 832. The highest BCUT2D eigenvalue weighted by molar-refractivity contribution is 7.89. The number of amides is 1. The zero-order chi connectivity index (χ0) is 18.7. The average molecular weight is 381 g/mol. The molecule has 0 saturated carbocycles. The molecule has 1 aliphatic heterocycles. The SMILES string of the molecule is Cc1n[nH]c(C)c1S(=O)(=O)NCCN1CCN(C(=O)c2ccco2)CC1. The maximum absolute atomic E-state index is 12.4. The molecule has 0 unspecified atom stereocenters. The van der Waals surface area contributed by atoms with Crippen LogP contribution >= 0.6 is 0 Å². The van der Waals surface area contributed by atoms with Crippen molar-refractivity contribution in [2.75, 3.05) is 39.3 Å². The van der Waals surface area contributed by atoms with Crippen LogP contribution in [0.5, 0.6) is 0 Å². The number of aromatic nitrogens is 2. The van der Waals surface area contributed by atoms with Crippen molar-refractivity contribution >= 4 is 15.9 Å². The number of hydrogen-bond acceptors (Lipinski definition) is 6. The second kappa shape index (κ2) is 7.60. The van der Waals surface area contributed by atoms with Gasteiger partial charge in [-0.05, 0) is 26.0 Å². The first-order chi connectivity index (χ1) is 12.4. The van der Waals surface area contributed by atoms with Crippen LogP contribution in [0.15, 0.2) is 27.7 Å². The molecule has 0 atom stereocenters. The van der Waals surface area contributed by atoms with Crippen LogP contribution in [0, 0.1) is 13.8 Å². The standard InChI is InChI=1S/C16H23N5O4S/c1-12-15(13(2)19-18-12)26(23,24)17-5-6-20-7-9-21(10-8-20)16(22)14-4-3-11-25-14/h3-4,11,17H,5-10H2,1-2H3,(H,18,19). The Kier molecular flexibility index (Phi) is 5.44. The summed E-state index contributed by atoms with van der Waals surface area (Å²) in [6, 6.07) is 3.35. The van der Waals surface area contributed by atoms with Crippen LogP contribution in [0.25, 0.3) is 0 Å². The largest absolute Gasteiger partial charge is 0.459 e. The summed E-state index contributed by atoms with van der Waals surface area (Å²) in [6.07, 6.45) is 1.49. The summed E-state index contributed by atoms with van der Waals surface area (Å²) in [4.78, 5) is 16.3. The number of aromatic amines is 1. The number of hydrogen-bond donors (Lipinski definition) is 2. The Morgan fingerprint density at radius 1 is 1.31 bits per heavy atom. The fraction of sp³-hybridized carbons (Fsp3) is 0.500. The van der Waals surface area contributed by atoms with E-state index in [1.807, 2.05) is 0 Å². The Labute approximate surface area is 152 Å². The van der Waals surface area contributed by atoms with Crippen LogP contribution < -0.4 is 4.72 Å². The molecular weight excluding hydrogens is 358 g/mol. The van der Waals surface area contributed by atoms with Gasteiger partial charge in [0.05, 0.1) is 17.7 Å². The molecule has 1 aliphatic rings. The van der Waals surface area contributed by atoms with Crippen LogP contribution in [0.3, 0.4) is 0 Å². The molecule has 142 valence electrons. The predicted molar refractivity (Wildman–Crippen MR) is 94.3 cm³/mol.